The highest BCUT2D eigenvalue weighted by Crippen LogP contribution is 2.10. The van der Waals surface area contributed by atoms with Gasteiger partial charge < -0.3 is 14.6 Å². The number of hydrogen-bond donors (Lipinski definition) is 1. The Morgan fingerprint density at radius 2 is 1.18 bits per heavy atom. The molecule has 0 rings (SSSR count). The highest BCUT2D eigenvalue weighted by atomic mass is 16.6. The van der Waals surface area contributed by atoms with E-state index in [9.17, 15) is 9.90 Å². The van der Waals surface area contributed by atoms with Crippen molar-refractivity contribution in [3.8, 4) is 0 Å². The molecular formula is C34H60O4. The molecule has 0 aromatic carbocycles. The van der Waals surface area contributed by atoms with Crippen molar-refractivity contribution < 1.29 is 19.4 Å². The summed E-state index contributed by atoms with van der Waals surface area (Å²) < 4.78 is 11.0. The van der Waals surface area contributed by atoms with E-state index in [1.165, 1.54) is 57.8 Å². The molecule has 0 saturated carbocycles. The average molecular weight is 533 g/mol. The molecule has 4 heteroatoms. The summed E-state index contributed by atoms with van der Waals surface area (Å²) in [4.78, 5) is 12.0. The normalized spacial score (nSPS) is 13.0. The van der Waals surface area contributed by atoms with Crippen LogP contribution < -0.4 is 0 Å². The first-order chi connectivity index (χ1) is 18.7. The Morgan fingerprint density at radius 3 is 1.82 bits per heavy atom. The fourth-order valence-electron chi connectivity index (χ4n) is 4.05. The van der Waals surface area contributed by atoms with E-state index in [0.29, 0.717) is 13.0 Å². The first-order valence-corrected chi connectivity index (χ1v) is 15.7. The number of esters is 1. The molecule has 38 heavy (non-hydrogen) atoms. The van der Waals surface area contributed by atoms with E-state index in [1.54, 1.807) is 0 Å². The van der Waals surface area contributed by atoms with Crippen LogP contribution in [0.4, 0.5) is 0 Å². The average Bonchev–Trinajstić information content (AvgIpc) is 2.92. The topological polar surface area (TPSA) is 55.8 Å². The molecule has 0 amide bonds. The van der Waals surface area contributed by atoms with Crippen LogP contribution in [0.25, 0.3) is 0 Å². The lowest BCUT2D eigenvalue weighted by atomic mass is 10.1. The Kier molecular flexibility index (Phi) is 30.2. The van der Waals surface area contributed by atoms with Crippen molar-refractivity contribution in [1.82, 2.24) is 0 Å². The molecule has 0 aromatic heterocycles. The third-order valence-electron chi connectivity index (χ3n) is 6.37. The van der Waals surface area contributed by atoms with Crippen LogP contribution >= 0.6 is 0 Å². The van der Waals surface area contributed by atoms with Gasteiger partial charge in [-0.25, -0.2) is 0 Å². The smallest absolute Gasteiger partial charge is 0.306 e. The van der Waals surface area contributed by atoms with Crippen LogP contribution in [0.5, 0.6) is 0 Å². The summed E-state index contributed by atoms with van der Waals surface area (Å²) in [7, 11) is 0. The first-order valence-electron chi connectivity index (χ1n) is 15.7. The van der Waals surface area contributed by atoms with Gasteiger partial charge in [0.1, 0.15) is 6.10 Å². The number of carbonyl (C=O) groups is 1. The minimum atomic E-state index is -0.543. The largest absolute Gasteiger partial charge is 0.457 e. The van der Waals surface area contributed by atoms with Gasteiger partial charge >= 0.3 is 5.97 Å². The van der Waals surface area contributed by atoms with Gasteiger partial charge in [0.15, 0.2) is 0 Å². The first kappa shape index (κ1) is 36.4. The molecule has 0 saturated heterocycles. The molecule has 1 unspecified atom stereocenters. The summed E-state index contributed by atoms with van der Waals surface area (Å²) in [6.45, 7) is 5.12. The molecule has 0 aliphatic heterocycles. The Hall–Kier alpha value is -1.65. The summed E-state index contributed by atoms with van der Waals surface area (Å²) in [6.07, 6.45) is 38.5. The van der Waals surface area contributed by atoms with Gasteiger partial charge in [-0.3, -0.25) is 4.79 Å². The molecular weight excluding hydrogens is 472 g/mol. The molecule has 0 aliphatic rings. The summed E-state index contributed by atoms with van der Waals surface area (Å²) in [5, 5.41) is 9.49. The van der Waals surface area contributed by atoms with Crippen molar-refractivity contribution in [3.63, 3.8) is 0 Å². The van der Waals surface area contributed by atoms with E-state index in [1.807, 2.05) is 0 Å². The molecule has 1 N–H and O–H groups in total. The van der Waals surface area contributed by atoms with E-state index in [4.69, 9.17) is 9.47 Å². The third-order valence-corrected chi connectivity index (χ3v) is 6.37. The number of rotatable bonds is 28. The number of ether oxygens (including phenoxy) is 2. The van der Waals surface area contributed by atoms with Crippen LogP contribution in [0.3, 0.4) is 0 Å². The van der Waals surface area contributed by atoms with Crippen LogP contribution in [0.1, 0.15) is 136 Å². The fraction of sp³-hybridized carbons (Fsp3) is 0.735. The molecule has 220 valence electrons. The van der Waals surface area contributed by atoms with Gasteiger partial charge in [0.05, 0.1) is 13.2 Å². The van der Waals surface area contributed by atoms with Crippen molar-refractivity contribution in [3.05, 3.63) is 48.6 Å². The molecule has 0 bridgehead atoms. The second kappa shape index (κ2) is 31.6. The molecule has 1 atom stereocenters. The van der Waals surface area contributed by atoms with E-state index in [0.717, 1.165) is 57.8 Å². The SMILES string of the molecule is CC/C=C\C/C=C\C/C=C\CCCCCCCCOCC(CO)OC(=O)CCCCCCC/C=C\CCC. The van der Waals surface area contributed by atoms with Gasteiger partial charge in [-0.2, -0.15) is 0 Å². The maximum Gasteiger partial charge on any atom is 0.306 e. The molecule has 0 heterocycles. The van der Waals surface area contributed by atoms with Gasteiger partial charge in [-0.15, -0.1) is 0 Å². The van der Waals surface area contributed by atoms with Crippen molar-refractivity contribution in [2.45, 2.75) is 142 Å². The van der Waals surface area contributed by atoms with Gasteiger partial charge in [0.25, 0.3) is 0 Å². The van der Waals surface area contributed by atoms with E-state index in [-0.39, 0.29) is 19.2 Å². The standard InChI is InChI=1S/C34H60O4/c1-3-5-7-9-11-13-15-16-17-18-19-20-22-24-26-28-30-37-32-33(31-35)38-34(36)29-27-25-23-21-14-12-10-8-6-4-2/h5,7-8,10-11,13,16-17,33,35H,3-4,6,9,12,14-15,18-32H2,1-2H3/b7-5-,10-8-,13-11-,17-16-. The predicted octanol–water partition coefficient (Wildman–Crippen LogP) is 9.58. The molecule has 0 aliphatic carbocycles. The van der Waals surface area contributed by atoms with Crippen LogP contribution in [0.2, 0.25) is 0 Å². The Balaban J connectivity index is 3.50. The van der Waals surface area contributed by atoms with Gasteiger partial charge in [0, 0.05) is 13.0 Å². The van der Waals surface area contributed by atoms with E-state index in [2.05, 4.69) is 62.5 Å². The summed E-state index contributed by atoms with van der Waals surface area (Å²) in [6, 6.07) is 0. The Bertz CT molecular complexity index is 606. The highest BCUT2D eigenvalue weighted by Gasteiger charge is 2.13. The maximum absolute atomic E-state index is 12.0. The lowest BCUT2D eigenvalue weighted by Crippen LogP contribution is -2.27. The van der Waals surface area contributed by atoms with Gasteiger partial charge in [-0.1, -0.05) is 114 Å². The molecule has 0 spiro atoms. The quantitative estimate of drug-likeness (QED) is 0.0619. The Labute approximate surface area is 235 Å². The fourth-order valence-corrected chi connectivity index (χ4v) is 4.05. The summed E-state index contributed by atoms with van der Waals surface area (Å²) in [5.41, 5.74) is 0. The van der Waals surface area contributed by atoms with Crippen LogP contribution in [-0.2, 0) is 14.3 Å². The zero-order valence-corrected chi connectivity index (χ0v) is 24.9. The summed E-state index contributed by atoms with van der Waals surface area (Å²) >= 11 is 0. The van der Waals surface area contributed by atoms with Crippen molar-refractivity contribution in [2.24, 2.45) is 0 Å². The molecule has 4 nitrogen and oxygen atoms in total. The maximum atomic E-state index is 12.0. The molecule has 0 fully saturated rings. The van der Waals surface area contributed by atoms with Crippen LogP contribution in [0.15, 0.2) is 48.6 Å². The van der Waals surface area contributed by atoms with E-state index >= 15 is 0 Å². The highest BCUT2D eigenvalue weighted by molar-refractivity contribution is 5.69. The lowest BCUT2D eigenvalue weighted by Gasteiger charge is -2.15. The minimum Gasteiger partial charge on any atom is -0.457 e. The number of hydrogen-bond acceptors (Lipinski definition) is 4. The van der Waals surface area contributed by atoms with Gasteiger partial charge in [0.2, 0.25) is 0 Å². The third kappa shape index (κ3) is 28.9. The van der Waals surface area contributed by atoms with Gasteiger partial charge in [-0.05, 0) is 64.2 Å². The minimum absolute atomic E-state index is 0.182. The number of unbranched alkanes of at least 4 members (excludes halogenated alkanes) is 12. The zero-order valence-electron chi connectivity index (χ0n) is 24.9. The van der Waals surface area contributed by atoms with Crippen LogP contribution in [0, 0.1) is 0 Å². The Morgan fingerprint density at radius 1 is 0.658 bits per heavy atom. The second-order valence-electron chi connectivity index (χ2n) is 10.1. The summed E-state index contributed by atoms with van der Waals surface area (Å²) in [5.74, 6) is -0.221. The number of allylic oxidation sites excluding steroid dienone is 8. The van der Waals surface area contributed by atoms with Crippen molar-refractivity contribution in [1.29, 1.82) is 0 Å². The monoisotopic (exact) mass is 532 g/mol. The lowest BCUT2D eigenvalue weighted by molar-refractivity contribution is -0.154. The van der Waals surface area contributed by atoms with E-state index < -0.39 is 6.10 Å². The second-order valence-corrected chi connectivity index (χ2v) is 10.1. The molecule has 0 radical (unpaired) electrons. The van der Waals surface area contributed by atoms with Crippen molar-refractivity contribution in [2.75, 3.05) is 19.8 Å². The number of aliphatic hydroxyl groups is 1. The number of aliphatic hydroxyl groups excluding tert-OH is 1. The number of carbonyl (C=O) groups excluding carboxylic acids is 1. The van der Waals surface area contributed by atoms with Crippen LogP contribution in [-0.4, -0.2) is 37.0 Å². The zero-order chi connectivity index (χ0) is 27.8. The van der Waals surface area contributed by atoms with Crippen molar-refractivity contribution >= 4 is 5.97 Å². The molecule has 0 aromatic rings. The predicted molar refractivity (Wildman–Crippen MR) is 163 cm³/mol.